The first-order valence-electron chi connectivity index (χ1n) is 4.04. The van der Waals surface area contributed by atoms with E-state index in [2.05, 4.69) is 0 Å². The first-order valence-corrected chi connectivity index (χ1v) is 4.42. The number of rotatable bonds is 2. The van der Waals surface area contributed by atoms with Crippen LogP contribution in [0.3, 0.4) is 0 Å². The summed E-state index contributed by atoms with van der Waals surface area (Å²) in [6.45, 7) is 2.74. The summed E-state index contributed by atoms with van der Waals surface area (Å²) in [6.07, 6.45) is 0. The van der Waals surface area contributed by atoms with Gasteiger partial charge in [0.25, 0.3) is 0 Å². The summed E-state index contributed by atoms with van der Waals surface area (Å²) in [5, 5.41) is 9.29. The van der Waals surface area contributed by atoms with E-state index in [1.807, 2.05) is 0 Å². The van der Waals surface area contributed by atoms with Crippen LogP contribution in [0.25, 0.3) is 0 Å². The van der Waals surface area contributed by atoms with Gasteiger partial charge in [-0.2, -0.15) is 0 Å². The number of Topliss-reactive ketones (excluding diaryl/α,β-unsaturated/α-hetero) is 1. The van der Waals surface area contributed by atoms with Crippen LogP contribution in [0.5, 0.6) is 0 Å². The van der Waals surface area contributed by atoms with Crippen molar-refractivity contribution in [2.45, 2.75) is 19.4 Å². The van der Waals surface area contributed by atoms with Gasteiger partial charge in [-0.3, -0.25) is 4.79 Å². The molecule has 76 valence electrons. The number of hydrogen-bond acceptors (Lipinski definition) is 2. The van der Waals surface area contributed by atoms with Crippen molar-refractivity contribution in [1.29, 1.82) is 0 Å². The normalized spacial score (nSPS) is 11.5. The minimum atomic E-state index is -1.47. The monoisotopic (exact) mass is 216 g/mol. The van der Waals surface area contributed by atoms with E-state index in [4.69, 9.17) is 11.6 Å². The molecule has 1 rings (SSSR count). The molecular weight excluding hydrogens is 207 g/mol. The quantitative estimate of drug-likeness (QED) is 0.771. The lowest BCUT2D eigenvalue weighted by atomic mass is 9.97. The number of carbonyl (C=O) groups is 1. The lowest BCUT2D eigenvalue weighted by molar-refractivity contribution is 0.0488. The third kappa shape index (κ3) is 2.30. The average Bonchev–Trinajstić information content (AvgIpc) is 2.07. The van der Waals surface area contributed by atoms with Gasteiger partial charge < -0.3 is 5.11 Å². The van der Waals surface area contributed by atoms with Gasteiger partial charge in [-0.15, -0.1) is 0 Å². The van der Waals surface area contributed by atoms with Gasteiger partial charge in [-0.1, -0.05) is 11.6 Å². The van der Waals surface area contributed by atoms with Crippen molar-refractivity contribution in [3.8, 4) is 0 Å². The van der Waals surface area contributed by atoms with Crippen LogP contribution in [0, 0.1) is 5.82 Å². The minimum absolute atomic E-state index is 0.125. The first kappa shape index (κ1) is 11.1. The lowest BCUT2D eigenvalue weighted by Crippen LogP contribution is -2.31. The molecular formula is C10H10ClFO2. The van der Waals surface area contributed by atoms with Crippen molar-refractivity contribution < 1.29 is 14.3 Å². The van der Waals surface area contributed by atoms with Crippen molar-refractivity contribution in [3.05, 3.63) is 34.6 Å². The molecule has 2 nitrogen and oxygen atoms in total. The molecule has 0 bridgehead atoms. The van der Waals surface area contributed by atoms with E-state index < -0.39 is 17.2 Å². The number of ketones is 1. The van der Waals surface area contributed by atoms with Crippen LogP contribution in [0.15, 0.2) is 18.2 Å². The molecule has 1 N–H and O–H groups in total. The van der Waals surface area contributed by atoms with Gasteiger partial charge in [0.1, 0.15) is 11.4 Å². The minimum Gasteiger partial charge on any atom is -0.382 e. The van der Waals surface area contributed by atoms with Gasteiger partial charge in [0, 0.05) is 5.56 Å². The summed E-state index contributed by atoms with van der Waals surface area (Å²) >= 11 is 5.50. The molecule has 0 saturated carbocycles. The number of hydrogen-bond donors (Lipinski definition) is 1. The summed E-state index contributed by atoms with van der Waals surface area (Å²) in [5.74, 6) is -1.07. The second-order valence-electron chi connectivity index (χ2n) is 3.52. The van der Waals surface area contributed by atoms with E-state index in [0.29, 0.717) is 0 Å². The molecule has 1 aromatic carbocycles. The molecule has 0 amide bonds. The smallest absolute Gasteiger partial charge is 0.193 e. The van der Waals surface area contributed by atoms with Gasteiger partial charge >= 0.3 is 0 Å². The maximum atomic E-state index is 12.8. The Hall–Kier alpha value is -0.930. The Kier molecular flexibility index (Phi) is 2.92. The maximum Gasteiger partial charge on any atom is 0.193 e. The van der Waals surface area contributed by atoms with Crippen molar-refractivity contribution in [2.24, 2.45) is 0 Å². The molecule has 0 atom stereocenters. The van der Waals surface area contributed by atoms with E-state index in [0.717, 1.165) is 6.07 Å². The molecule has 0 heterocycles. The molecule has 0 spiro atoms. The highest BCUT2D eigenvalue weighted by Crippen LogP contribution is 2.19. The standard InChI is InChI=1S/C10H10ClFO2/c1-10(2,14)9(13)6-3-4-8(12)7(11)5-6/h3-5,14H,1-2H3. The molecule has 0 radical (unpaired) electrons. The Morgan fingerprint density at radius 1 is 1.50 bits per heavy atom. The Labute approximate surface area is 86.3 Å². The third-order valence-corrected chi connectivity index (χ3v) is 2.03. The average molecular weight is 217 g/mol. The fraction of sp³-hybridized carbons (Fsp3) is 0.300. The third-order valence-electron chi connectivity index (χ3n) is 1.74. The van der Waals surface area contributed by atoms with Gasteiger partial charge in [-0.05, 0) is 32.0 Å². The van der Waals surface area contributed by atoms with Crippen LogP contribution in [0.4, 0.5) is 4.39 Å². The Morgan fingerprint density at radius 2 is 2.07 bits per heavy atom. The number of halogens is 2. The number of aliphatic hydroxyl groups is 1. The van der Waals surface area contributed by atoms with Crippen molar-refractivity contribution in [2.75, 3.05) is 0 Å². The van der Waals surface area contributed by atoms with Crippen LogP contribution in [0.2, 0.25) is 5.02 Å². The fourth-order valence-electron chi connectivity index (χ4n) is 0.991. The zero-order valence-electron chi connectivity index (χ0n) is 7.84. The van der Waals surface area contributed by atoms with Crippen LogP contribution in [-0.2, 0) is 0 Å². The SMILES string of the molecule is CC(C)(O)C(=O)c1ccc(F)c(Cl)c1. The van der Waals surface area contributed by atoms with Gasteiger partial charge in [0.05, 0.1) is 5.02 Å². The predicted octanol–water partition coefficient (Wildman–Crippen LogP) is 2.43. The Balaban J connectivity index is 3.10. The molecule has 0 unspecified atom stereocenters. The molecule has 0 fully saturated rings. The van der Waals surface area contributed by atoms with Crippen molar-refractivity contribution in [3.63, 3.8) is 0 Å². The van der Waals surface area contributed by atoms with E-state index in [-0.39, 0.29) is 10.6 Å². The second kappa shape index (κ2) is 3.67. The van der Waals surface area contributed by atoms with Crippen LogP contribution >= 0.6 is 11.6 Å². The summed E-state index contributed by atoms with van der Waals surface area (Å²) in [7, 11) is 0. The zero-order chi connectivity index (χ0) is 10.9. The first-order chi connectivity index (χ1) is 6.32. The van der Waals surface area contributed by atoms with Crippen LogP contribution in [-0.4, -0.2) is 16.5 Å². The van der Waals surface area contributed by atoms with E-state index in [1.54, 1.807) is 0 Å². The van der Waals surface area contributed by atoms with Gasteiger partial charge in [-0.25, -0.2) is 4.39 Å². The van der Waals surface area contributed by atoms with Crippen molar-refractivity contribution >= 4 is 17.4 Å². The second-order valence-corrected chi connectivity index (χ2v) is 3.92. The molecule has 0 aliphatic rings. The summed E-state index contributed by atoms with van der Waals surface area (Å²) in [5.41, 5.74) is -1.27. The van der Waals surface area contributed by atoms with E-state index in [9.17, 15) is 14.3 Å². The molecule has 0 aromatic heterocycles. The van der Waals surface area contributed by atoms with Crippen LogP contribution in [0.1, 0.15) is 24.2 Å². The number of benzene rings is 1. The highest BCUT2D eigenvalue weighted by molar-refractivity contribution is 6.31. The van der Waals surface area contributed by atoms with Gasteiger partial charge in [0.15, 0.2) is 5.78 Å². The zero-order valence-corrected chi connectivity index (χ0v) is 8.60. The van der Waals surface area contributed by atoms with Crippen LogP contribution < -0.4 is 0 Å². The Morgan fingerprint density at radius 3 is 2.50 bits per heavy atom. The molecule has 0 saturated heterocycles. The lowest BCUT2D eigenvalue weighted by Gasteiger charge is -2.15. The van der Waals surface area contributed by atoms with Crippen molar-refractivity contribution in [1.82, 2.24) is 0 Å². The topological polar surface area (TPSA) is 37.3 Å². The van der Waals surface area contributed by atoms with Gasteiger partial charge in [0.2, 0.25) is 0 Å². The predicted molar refractivity (Wildman–Crippen MR) is 52.0 cm³/mol. The molecule has 1 aromatic rings. The van der Waals surface area contributed by atoms with E-state index in [1.165, 1.54) is 26.0 Å². The highest BCUT2D eigenvalue weighted by Gasteiger charge is 2.25. The molecule has 0 aliphatic carbocycles. The van der Waals surface area contributed by atoms with E-state index >= 15 is 0 Å². The summed E-state index contributed by atoms with van der Waals surface area (Å²) < 4.78 is 12.8. The highest BCUT2D eigenvalue weighted by atomic mass is 35.5. The molecule has 14 heavy (non-hydrogen) atoms. The fourth-order valence-corrected chi connectivity index (χ4v) is 1.17. The largest absolute Gasteiger partial charge is 0.382 e. The molecule has 4 heteroatoms. The Bertz CT molecular complexity index is 369. The summed E-state index contributed by atoms with van der Waals surface area (Å²) in [4.78, 5) is 11.5. The molecule has 0 aliphatic heterocycles. The summed E-state index contributed by atoms with van der Waals surface area (Å²) in [6, 6.07) is 3.60. The maximum absolute atomic E-state index is 12.8. The number of carbonyl (C=O) groups excluding carboxylic acids is 1.